The van der Waals surface area contributed by atoms with E-state index in [9.17, 15) is 9.00 Å². The summed E-state index contributed by atoms with van der Waals surface area (Å²) in [6.45, 7) is 2.27. The molecule has 0 aromatic heterocycles. The third kappa shape index (κ3) is 3.04. The highest BCUT2D eigenvalue weighted by molar-refractivity contribution is 7.80. The van der Waals surface area contributed by atoms with Crippen molar-refractivity contribution >= 4 is 22.9 Å². The summed E-state index contributed by atoms with van der Waals surface area (Å²) in [5.74, 6) is -1.05. The van der Waals surface area contributed by atoms with E-state index in [0.29, 0.717) is 18.7 Å². The molecule has 2 N–H and O–H groups in total. The van der Waals surface area contributed by atoms with Gasteiger partial charge in [0.15, 0.2) is 0 Å². The minimum atomic E-state index is -2.14. The molecule has 6 heteroatoms. The van der Waals surface area contributed by atoms with Crippen LogP contribution in [0.3, 0.4) is 0 Å². The predicted molar refractivity (Wildman–Crippen MR) is 61.8 cm³/mol. The summed E-state index contributed by atoms with van der Waals surface area (Å²) in [6, 6.07) is 5.98. The Morgan fingerprint density at radius 2 is 2.19 bits per heavy atom. The van der Waals surface area contributed by atoms with Crippen LogP contribution in [0.4, 0.5) is 5.69 Å². The van der Waals surface area contributed by atoms with E-state index in [-0.39, 0.29) is 5.56 Å². The first-order valence-electron chi connectivity index (χ1n) is 4.78. The largest absolute Gasteiger partial charge is 0.478 e. The molecule has 0 spiro atoms. The molecule has 0 fully saturated rings. The van der Waals surface area contributed by atoms with Crippen molar-refractivity contribution in [1.82, 2.24) is 0 Å². The maximum absolute atomic E-state index is 11.1. The minimum absolute atomic E-state index is 0.101. The molecule has 1 aromatic rings. The van der Waals surface area contributed by atoms with Crippen LogP contribution in [0.15, 0.2) is 24.3 Å². The van der Waals surface area contributed by atoms with Crippen LogP contribution in [0.25, 0.3) is 0 Å². The Morgan fingerprint density at radius 1 is 1.50 bits per heavy atom. The van der Waals surface area contributed by atoms with E-state index in [1.165, 1.54) is 16.4 Å². The zero-order valence-electron chi connectivity index (χ0n) is 8.79. The standard InChI is InChI=1S/C10H13NO4S/c1-2-6-11(16(14)15)9-5-3-4-8(7-9)10(12)13/h3-5,7H,2,6H2,1H3,(H,12,13)(H,14,15). The summed E-state index contributed by atoms with van der Waals surface area (Å²) in [4.78, 5) is 10.7. The molecule has 0 aliphatic carbocycles. The molecule has 16 heavy (non-hydrogen) atoms. The van der Waals surface area contributed by atoms with Gasteiger partial charge in [0.2, 0.25) is 0 Å². The fourth-order valence-electron chi connectivity index (χ4n) is 1.29. The number of carboxylic acids is 1. The third-order valence-corrected chi connectivity index (χ3v) is 2.77. The maximum atomic E-state index is 11.1. The third-order valence-electron chi connectivity index (χ3n) is 2.00. The lowest BCUT2D eigenvalue weighted by Gasteiger charge is -2.19. The van der Waals surface area contributed by atoms with Gasteiger partial charge in [-0.15, -0.1) is 0 Å². The number of carbonyl (C=O) groups is 1. The van der Waals surface area contributed by atoms with Crippen molar-refractivity contribution in [2.45, 2.75) is 13.3 Å². The molecule has 1 rings (SSSR count). The number of aromatic carboxylic acids is 1. The number of anilines is 1. The molecule has 0 saturated carbocycles. The molecule has 0 bridgehead atoms. The van der Waals surface area contributed by atoms with Gasteiger partial charge in [-0.25, -0.2) is 9.00 Å². The van der Waals surface area contributed by atoms with E-state index < -0.39 is 17.2 Å². The van der Waals surface area contributed by atoms with Gasteiger partial charge in [-0.1, -0.05) is 13.0 Å². The first-order valence-corrected chi connectivity index (χ1v) is 5.84. The molecule has 0 aliphatic heterocycles. The average Bonchev–Trinajstić information content (AvgIpc) is 2.25. The molecule has 5 nitrogen and oxygen atoms in total. The zero-order valence-corrected chi connectivity index (χ0v) is 9.61. The van der Waals surface area contributed by atoms with E-state index >= 15 is 0 Å². The second kappa shape index (κ2) is 5.62. The topological polar surface area (TPSA) is 77.8 Å². The highest BCUT2D eigenvalue weighted by Crippen LogP contribution is 2.17. The molecule has 1 aromatic carbocycles. The maximum Gasteiger partial charge on any atom is 0.335 e. The monoisotopic (exact) mass is 243 g/mol. The summed E-state index contributed by atoms with van der Waals surface area (Å²) < 4.78 is 21.4. The van der Waals surface area contributed by atoms with Crippen LogP contribution < -0.4 is 4.31 Å². The highest BCUT2D eigenvalue weighted by atomic mass is 32.2. The quantitative estimate of drug-likeness (QED) is 0.772. The van der Waals surface area contributed by atoms with E-state index in [4.69, 9.17) is 9.66 Å². The van der Waals surface area contributed by atoms with Gasteiger partial charge in [-0.2, -0.15) is 0 Å². The van der Waals surface area contributed by atoms with Crippen LogP contribution in [-0.4, -0.2) is 26.4 Å². The molecule has 0 amide bonds. The molecule has 0 heterocycles. The van der Waals surface area contributed by atoms with Crippen molar-refractivity contribution in [3.63, 3.8) is 0 Å². The number of benzene rings is 1. The molecular formula is C10H13NO4S. The summed E-state index contributed by atoms with van der Waals surface area (Å²) in [5, 5.41) is 8.80. The Morgan fingerprint density at radius 3 is 2.69 bits per heavy atom. The van der Waals surface area contributed by atoms with Crippen molar-refractivity contribution in [2.75, 3.05) is 10.8 Å². The first kappa shape index (κ1) is 12.7. The predicted octanol–water partition coefficient (Wildman–Crippen LogP) is 1.74. The van der Waals surface area contributed by atoms with Crippen molar-refractivity contribution in [3.05, 3.63) is 29.8 Å². The lowest BCUT2D eigenvalue weighted by molar-refractivity contribution is 0.0697. The van der Waals surface area contributed by atoms with Crippen LogP contribution >= 0.6 is 0 Å². The number of hydrogen-bond acceptors (Lipinski definition) is 2. The van der Waals surface area contributed by atoms with Gasteiger partial charge in [-0.3, -0.25) is 8.86 Å². The van der Waals surface area contributed by atoms with Gasteiger partial charge in [-0.05, 0) is 24.6 Å². The average molecular weight is 243 g/mol. The number of carboxylic acid groups (broad SMARTS) is 1. The second-order valence-electron chi connectivity index (χ2n) is 3.19. The van der Waals surface area contributed by atoms with E-state index in [1.54, 1.807) is 12.1 Å². The second-order valence-corrected chi connectivity index (χ2v) is 4.09. The number of hydrogen-bond donors (Lipinski definition) is 2. The Balaban J connectivity index is 3.04. The molecule has 0 aliphatic rings. The van der Waals surface area contributed by atoms with Crippen molar-refractivity contribution in [3.8, 4) is 0 Å². The van der Waals surface area contributed by atoms with E-state index in [1.807, 2.05) is 6.92 Å². The molecule has 88 valence electrons. The zero-order chi connectivity index (χ0) is 12.1. The minimum Gasteiger partial charge on any atom is -0.478 e. The summed E-state index contributed by atoms with van der Waals surface area (Å²) in [7, 11) is 0. The van der Waals surface area contributed by atoms with Crippen molar-refractivity contribution in [1.29, 1.82) is 0 Å². The lowest BCUT2D eigenvalue weighted by atomic mass is 10.2. The normalized spacial score (nSPS) is 12.1. The van der Waals surface area contributed by atoms with E-state index in [2.05, 4.69) is 0 Å². The van der Waals surface area contributed by atoms with Gasteiger partial charge in [0.05, 0.1) is 11.3 Å². The molecule has 0 radical (unpaired) electrons. The van der Waals surface area contributed by atoms with Crippen LogP contribution in [0.2, 0.25) is 0 Å². The Labute approximate surface area is 96.1 Å². The summed E-state index contributed by atoms with van der Waals surface area (Å²) in [6.07, 6.45) is 0.698. The van der Waals surface area contributed by atoms with Crippen molar-refractivity contribution < 1.29 is 18.7 Å². The van der Waals surface area contributed by atoms with Crippen LogP contribution in [0.1, 0.15) is 23.7 Å². The fourth-order valence-corrected chi connectivity index (χ4v) is 1.93. The summed E-state index contributed by atoms with van der Waals surface area (Å²) in [5.41, 5.74) is 0.534. The Kier molecular flexibility index (Phi) is 4.45. The van der Waals surface area contributed by atoms with E-state index in [0.717, 1.165) is 0 Å². The van der Waals surface area contributed by atoms with Crippen molar-refractivity contribution in [2.24, 2.45) is 0 Å². The smallest absolute Gasteiger partial charge is 0.335 e. The number of rotatable bonds is 5. The van der Waals surface area contributed by atoms with Crippen LogP contribution in [0.5, 0.6) is 0 Å². The van der Waals surface area contributed by atoms with Crippen LogP contribution in [0, 0.1) is 0 Å². The Hall–Kier alpha value is -1.40. The summed E-state index contributed by atoms with van der Waals surface area (Å²) >= 11 is -2.14. The molecule has 1 unspecified atom stereocenters. The molecular weight excluding hydrogens is 230 g/mol. The number of nitrogens with zero attached hydrogens (tertiary/aromatic N) is 1. The van der Waals surface area contributed by atoms with Crippen LogP contribution in [-0.2, 0) is 11.3 Å². The van der Waals surface area contributed by atoms with Gasteiger partial charge < -0.3 is 5.11 Å². The van der Waals surface area contributed by atoms with Gasteiger partial charge in [0, 0.05) is 6.54 Å². The van der Waals surface area contributed by atoms with Gasteiger partial charge >= 0.3 is 5.97 Å². The molecule has 0 saturated heterocycles. The Bertz CT molecular complexity index is 408. The molecule has 1 atom stereocenters. The van der Waals surface area contributed by atoms with Gasteiger partial charge in [0.25, 0.3) is 11.3 Å². The SMILES string of the molecule is CCCN(c1cccc(C(=O)O)c1)S(=O)O. The first-order chi connectivity index (χ1) is 7.56. The van der Waals surface area contributed by atoms with Gasteiger partial charge in [0.1, 0.15) is 0 Å². The lowest BCUT2D eigenvalue weighted by Crippen LogP contribution is -2.26. The fraction of sp³-hybridized carbons (Fsp3) is 0.300. The highest BCUT2D eigenvalue weighted by Gasteiger charge is 2.12.